The summed E-state index contributed by atoms with van der Waals surface area (Å²) in [6.45, 7) is 5.01. The Balaban J connectivity index is 0. The second kappa shape index (κ2) is 15.5. The van der Waals surface area contributed by atoms with Crippen molar-refractivity contribution in [2.75, 3.05) is 13.1 Å². The number of carbonyl (C=O) groups is 3. The van der Waals surface area contributed by atoms with Gasteiger partial charge < -0.3 is 37.8 Å². The predicted octanol–water partition coefficient (Wildman–Crippen LogP) is -0.595. The number of aliphatic carboxylic acids is 3. The predicted molar refractivity (Wildman–Crippen MR) is 97.6 cm³/mol. The molecule has 2 unspecified atom stereocenters. The van der Waals surface area contributed by atoms with Gasteiger partial charge in [-0.2, -0.15) is 0 Å². The molecule has 1 saturated heterocycles. The number of carboxylic acid groups (broad SMARTS) is 3. The molecule has 0 saturated carbocycles. The van der Waals surface area contributed by atoms with Crippen LogP contribution in [0, 0.1) is 5.92 Å². The number of hydrogen-bond acceptors (Lipinski definition) is 7. The van der Waals surface area contributed by atoms with Crippen LogP contribution in [0.3, 0.4) is 0 Å². The largest absolute Gasteiger partial charge is 0.480 e. The molecule has 154 valence electrons. The first kappa shape index (κ1) is 26.5. The van der Waals surface area contributed by atoms with Crippen molar-refractivity contribution < 1.29 is 29.7 Å². The van der Waals surface area contributed by atoms with Gasteiger partial charge in [-0.3, -0.25) is 14.4 Å². The first-order valence-corrected chi connectivity index (χ1v) is 8.67. The lowest BCUT2D eigenvalue weighted by Gasteiger charge is -2.07. The van der Waals surface area contributed by atoms with E-state index in [1.165, 1.54) is 0 Å². The molecule has 0 bridgehead atoms. The van der Waals surface area contributed by atoms with Crippen LogP contribution in [0.25, 0.3) is 0 Å². The van der Waals surface area contributed by atoms with Gasteiger partial charge in [-0.05, 0) is 44.7 Å². The van der Waals surface area contributed by atoms with Crippen molar-refractivity contribution in [2.24, 2.45) is 23.1 Å². The summed E-state index contributed by atoms with van der Waals surface area (Å²) < 4.78 is 0. The van der Waals surface area contributed by atoms with E-state index >= 15 is 0 Å². The normalized spacial score (nSPS) is 18.0. The summed E-state index contributed by atoms with van der Waals surface area (Å²) in [6.07, 6.45) is 3.95. The van der Waals surface area contributed by atoms with Gasteiger partial charge in [0.1, 0.15) is 18.1 Å². The minimum atomic E-state index is -0.933. The topological polar surface area (TPSA) is 202 Å². The number of unbranched alkanes of at least 4 members (excludes halogenated alkanes) is 1. The highest BCUT2D eigenvalue weighted by Crippen LogP contribution is 2.03. The van der Waals surface area contributed by atoms with Crippen molar-refractivity contribution in [1.29, 1.82) is 0 Å². The average Bonchev–Trinajstić information content (AvgIpc) is 3.10. The van der Waals surface area contributed by atoms with Gasteiger partial charge in [-0.15, -0.1) is 0 Å². The van der Waals surface area contributed by atoms with E-state index in [-0.39, 0.29) is 12.0 Å². The Morgan fingerprint density at radius 1 is 1.08 bits per heavy atom. The Kier molecular flexibility index (Phi) is 15.8. The molecule has 0 aromatic heterocycles. The molecule has 1 heterocycles. The summed E-state index contributed by atoms with van der Waals surface area (Å²) >= 11 is 0. The number of nitrogens with two attached hydrogens (primary N) is 3. The molecular weight excluding hydrogens is 344 g/mol. The number of rotatable bonds is 8. The molecule has 0 aromatic carbocycles. The second-order valence-electron chi connectivity index (χ2n) is 6.32. The van der Waals surface area contributed by atoms with Gasteiger partial charge in [0.2, 0.25) is 0 Å². The third-order valence-electron chi connectivity index (χ3n) is 3.65. The average molecular weight is 378 g/mol. The number of carboxylic acids is 3. The fraction of sp³-hybridized carbons (Fsp3) is 0.812. The van der Waals surface area contributed by atoms with Gasteiger partial charge >= 0.3 is 17.9 Å². The van der Waals surface area contributed by atoms with Gasteiger partial charge in [-0.25, -0.2) is 0 Å². The van der Waals surface area contributed by atoms with Crippen molar-refractivity contribution in [2.45, 2.75) is 64.1 Å². The SMILES string of the molecule is CC(C)C(N)C(=O)O.NCCCCC(N)C(=O)O.O=C(O)[C@@H]1CCCN1. The van der Waals surface area contributed by atoms with Crippen LogP contribution in [0.1, 0.15) is 46.0 Å². The lowest BCUT2D eigenvalue weighted by Crippen LogP contribution is -2.34. The molecule has 0 aromatic rings. The summed E-state index contributed by atoms with van der Waals surface area (Å²) in [5.41, 5.74) is 15.6. The Bertz CT molecular complexity index is 402. The van der Waals surface area contributed by atoms with Crippen LogP contribution in [0.5, 0.6) is 0 Å². The van der Waals surface area contributed by atoms with E-state index in [0.29, 0.717) is 13.0 Å². The lowest BCUT2D eigenvalue weighted by atomic mass is 10.1. The van der Waals surface area contributed by atoms with E-state index in [0.717, 1.165) is 32.2 Å². The van der Waals surface area contributed by atoms with Crippen LogP contribution < -0.4 is 22.5 Å². The maximum absolute atomic E-state index is 10.1. The molecule has 0 spiro atoms. The van der Waals surface area contributed by atoms with Gasteiger partial charge in [0.15, 0.2) is 0 Å². The lowest BCUT2D eigenvalue weighted by molar-refractivity contribution is -0.140. The summed E-state index contributed by atoms with van der Waals surface area (Å²) in [7, 11) is 0. The van der Waals surface area contributed by atoms with Crippen LogP contribution in [0.4, 0.5) is 0 Å². The minimum absolute atomic E-state index is 0.0208. The molecule has 3 atom stereocenters. The zero-order chi connectivity index (χ0) is 20.7. The third-order valence-corrected chi connectivity index (χ3v) is 3.65. The van der Waals surface area contributed by atoms with E-state index in [2.05, 4.69) is 5.32 Å². The Morgan fingerprint density at radius 3 is 1.88 bits per heavy atom. The van der Waals surface area contributed by atoms with Crippen molar-refractivity contribution in [3.8, 4) is 0 Å². The van der Waals surface area contributed by atoms with E-state index < -0.39 is 30.0 Å². The molecule has 0 radical (unpaired) electrons. The van der Waals surface area contributed by atoms with E-state index in [4.69, 9.17) is 32.5 Å². The maximum atomic E-state index is 10.1. The molecule has 1 rings (SSSR count). The fourth-order valence-electron chi connectivity index (χ4n) is 1.81. The van der Waals surface area contributed by atoms with Gasteiger partial charge in [-0.1, -0.05) is 20.3 Å². The zero-order valence-corrected chi connectivity index (χ0v) is 15.6. The van der Waals surface area contributed by atoms with Crippen LogP contribution in [-0.4, -0.2) is 64.4 Å². The summed E-state index contributed by atoms with van der Waals surface area (Å²) in [6, 6.07) is -1.70. The zero-order valence-electron chi connectivity index (χ0n) is 15.6. The molecule has 10 N–H and O–H groups in total. The standard InChI is InChI=1S/C6H14N2O2.C5H9NO2.C5H11NO2/c7-4-2-1-3-5(8)6(9)10;7-5(8)4-2-1-3-6-4;1-3(2)4(6)5(7)8/h5H,1-4,7-8H2,(H,9,10);4,6H,1-3H2,(H,7,8);3-4H,6H2,1-2H3,(H,7,8)/t;4-;/m.0./s1. The quantitative estimate of drug-likeness (QED) is 0.267. The highest BCUT2D eigenvalue weighted by atomic mass is 16.4. The van der Waals surface area contributed by atoms with E-state index in [1.54, 1.807) is 13.8 Å². The summed E-state index contributed by atoms with van der Waals surface area (Å²) in [4.78, 5) is 30.3. The minimum Gasteiger partial charge on any atom is -0.480 e. The molecule has 1 fully saturated rings. The Morgan fingerprint density at radius 2 is 1.65 bits per heavy atom. The first-order chi connectivity index (χ1) is 12.0. The maximum Gasteiger partial charge on any atom is 0.320 e. The highest BCUT2D eigenvalue weighted by molar-refractivity contribution is 5.74. The summed E-state index contributed by atoms with van der Waals surface area (Å²) in [5, 5.41) is 27.8. The number of nitrogens with one attached hydrogen (secondary N) is 1. The molecular formula is C16H34N4O6. The van der Waals surface area contributed by atoms with Crippen molar-refractivity contribution >= 4 is 17.9 Å². The van der Waals surface area contributed by atoms with Gasteiger partial charge in [0.25, 0.3) is 0 Å². The van der Waals surface area contributed by atoms with Gasteiger partial charge in [0, 0.05) is 0 Å². The Labute approximate surface area is 154 Å². The van der Waals surface area contributed by atoms with E-state index in [9.17, 15) is 14.4 Å². The second-order valence-corrected chi connectivity index (χ2v) is 6.32. The van der Waals surface area contributed by atoms with Crippen molar-refractivity contribution in [3.63, 3.8) is 0 Å². The van der Waals surface area contributed by atoms with Crippen LogP contribution in [0.2, 0.25) is 0 Å². The molecule has 1 aliphatic heterocycles. The first-order valence-electron chi connectivity index (χ1n) is 8.67. The molecule has 1 aliphatic rings. The third kappa shape index (κ3) is 14.6. The van der Waals surface area contributed by atoms with Crippen molar-refractivity contribution in [1.82, 2.24) is 5.32 Å². The molecule has 0 amide bonds. The highest BCUT2D eigenvalue weighted by Gasteiger charge is 2.20. The molecule has 10 nitrogen and oxygen atoms in total. The fourth-order valence-corrected chi connectivity index (χ4v) is 1.81. The Hall–Kier alpha value is -1.75. The summed E-state index contributed by atoms with van der Waals surface area (Å²) in [5.74, 6) is -2.56. The van der Waals surface area contributed by atoms with Crippen molar-refractivity contribution in [3.05, 3.63) is 0 Å². The molecule has 10 heteroatoms. The van der Waals surface area contributed by atoms with Gasteiger partial charge in [0.05, 0.1) is 0 Å². The molecule has 0 aliphatic carbocycles. The van der Waals surface area contributed by atoms with Crippen LogP contribution in [-0.2, 0) is 14.4 Å². The van der Waals surface area contributed by atoms with E-state index in [1.807, 2.05) is 0 Å². The smallest absolute Gasteiger partial charge is 0.320 e. The van der Waals surface area contributed by atoms with Crippen LogP contribution >= 0.6 is 0 Å². The molecule has 26 heavy (non-hydrogen) atoms. The van der Waals surface area contributed by atoms with Crippen LogP contribution in [0.15, 0.2) is 0 Å². The monoisotopic (exact) mass is 378 g/mol. The number of hydrogen-bond donors (Lipinski definition) is 7.